The number of amides is 1. The van der Waals surface area contributed by atoms with Crippen molar-refractivity contribution in [2.45, 2.75) is 26.4 Å². The summed E-state index contributed by atoms with van der Waals surface area (Å²) in [5.74, 6) is 0.698. The van der Waals surface area contributed by atoms with Gasteiger partial charge in [-0.2, -0.15) is 0 Å². The number of hydrogen-bond acceptors (Lipinski definition) is 4. The zero-order chi connectivity index (χ0) is 19.2. The molecule has 0 bridgehead atoms. The first-order valence-corrected chi connectivity index (χ1v) is 9.52. The lowest BCUT2D eigenvalue weighted by Gasteiger charge is -2.37. The van der Waals surface area contributed by atoms with Gasteiger partial charge in [0, 0.05) is 32.7 Å². The van der Waals surface area contributed by atoms with E-state index in [-0.39, 0.29) is 11.9 Å². The van der Waals surface area contributed by atoms with Gasteiger partial charge < -0.3 is 10.1 Å². The molecule has 0 aliphatic carbocycles. The van der Waals surface area contributed by atoms with E-state index in [0.29, 0.717) is 5.75 Å². The van der Waals surface area contributed by atoms with Crippen molar-refractivity contribution in [2.24, 2.45) is 0 Å². The average Bonchev–Trinajstić information content (AvgIpc) is 2.69. The number of nitrogens with zero attached hydrogens (tertiary/aromatic N) is 2. The summed E-state index contributed by atoms with van der Waals surface area (Å²) in [6.07, 6.45) is 0. The fourth-order valence-corrected chi connectivity index (χ4v) is 3.47. The Hall–Kier alpha value is -2.37. The molecule has 1 heterocycles. The van der Waals surface area contributed by atoms with Gasteiger partial charge in [-0.1, -0.05) is 36.4 Å². The summed E-state index contributed by atoms with van der Waals surface area (Å²) >= 11 is 0. The van der Waals surface area contributed by atoms with Gasteiger partial charge >= 0.3 is 0 Å². The first-order chi connectivity index (χ1) is 13.1. The molecule has 2 aromatic carbocycles. The van der Waals surface area contributed by atoms with E-state index in [1.54, 1.807) is 7.11 Å². The van der Waals surface area contributed by atoms with Crippen LogP contribution in [0.2, 0.25) is 0 Å². The SMILES string of the molecule is COc1ccc(C)cc1NC(=O)[C@H](C)N1CCN(Cc2ccccc2)CC1. The zero-order valence-corrected chi connectivity index (χ0v) is 16.4. The highest BCUT2D eigenvalue weighted by Gasteiger charge is 2.26. The van der Waals surface area contributed by atoms with Crippen molar-refractivity contribution in [1.82, 2.24) is 9.80 Å². The van der Waals surface area contributed by atoms with Gasteiger partial charge in [0.25, 0.3) is 0 Å². The van der Waals surface area contributed by atoms with Gasteiger partial charge in [0.2, 0.25) is 5.91 Å². The van der Waals surface area contributed by atoms with Crippen molar-refractivity contribution >= 4 is 11.6 Å². The second-order valence-electron chi connectivity index (χ2n) is 7.17. The second-order valence-corrected chi connectivity index (χ2v) is 7.17. The van der Waals surface area contributed by atoms with E-state index in [9.17, 15) is 4.79 Å². The maximum Gasteiger partial charge on any atom is 0.241 e. The first-order valence-electron chi connectivity index (χ1n) is 9.52. The fraction of sp³-hybridized carbons (Fsp3) is 0.409. The number of ether oxygens (including phenoxy) is 1. The predicted molar refractivity (Wildman–Crippen MR) is 109 cm³/mol. The Morgan fingerprint density at radius 1 is 1.11 bits per heavy atom. The molecule has 1 aliphatic heterocycles. The Morgan fingerprint density at radius 2 is 1.81 bits per heavy atom. The number of benzene rings is 2. The van der Waals surface area contributed by atoms with Crippen LogP contribution in [-0.4, -0.2) is 55.0 Å². The lowest BCUT2D eigenvalue weighted by atomic mass is 10.1. The van der Waals surface area contributed by atoms with Gasteiger partial charge in [-0.15, -0.1) is 0 Å². The molecule has 5 nitrogen and oxygen atoms in total. The largest absolute Gasteiger partial charge is 0.495 e. The van der Waals surface area contributed by atoms with Crippen molar-refractivity contribution < 1.29 is 9.53 Å². The highest BCUT2D eigenvalue weighted by Crippen LogP contribution is 2.25. The Morgan fingerprint density at radius 3 is 2.48 bits per heavy atom. The van der Waals surface area contributed by atoms with Gasteiger partial charge in [-0.25, -0.2) is 0 Å². The smallest absolute Gasteiger partial charge is 0.241 e. The first kappa shape index (κ1) is 19.4. The molecule has 0 saturated carbocycles. The van der Waals surface area contributed by atoms with Crippen molar-refractivity contribution in [1.29, 1.82) is 0 Å². The van der Waals surface area contributed by atoms with Crippen molar-refractivity contribution in [3.05, 3.63) is 59.7 Å². The number of carbonyl (C=O) groups is 1. The monoisotopic (exact) mass is 367 g/mol. The highest BCUT2D eigenvalue weighted by atomic mass is 16.5. The Labute approximate surface area is 161 Å². The molecule has 0 radical (unpaired) electrons. The summed E-state index contributed by atoms with van der Waals surface area (Å²) in [5, 5.41) is 3.03. The van der Waals surface area contributed by atoms with E-state index in [0.717, 1.165) is 44.0 Å². The summed E-state index contributed by atoms with van der Waals surface area (Å²) in [4.78, 5) is 17.4. The number of methoxy groups -OCH3 is 1. The number of nitrogens with one attached hydrogen (secondary N) is 1. The molecule has 1 atom stereocenters. The summed E-state index contributed by atoms with van der Waals surface area (Å²) in [6, 6.07) is 16.2. The van der Waals surface area contributed by atoms with Gasteiger partial charge in [0.1, 0.15) is 5.75 Å². The van der Waals surface area contributed by atoms with Crippen LogP contribution in [0.4, 0.5) is 5.69 Å². The molecule has 1 N–H and O–H groups in total. The summed E-state index contributed by atoms with van der Waals surface area (Å²) in [5.41, 5.74) is 3.16. The minimum absolute atomic E-state index is 0.00964. The van der Waals surface area contributed by atoms with E-state index in [1.165, 1.54) is 5.56 Å². The minimum Gasteiger partial charge on any atom is -0.495 e. The summed E-state index contributed by atoms with van der Waals surface area (Å²) < 4.78 is 5.36. The number of hydrogen-bond donors (Lipinski definition) is 1. The number of rotatable bonds is 6. The molecule has 1 fully saturated rings. The minimum atomic E-state index is -0.172. The van der Waals surface area contributed by atoms with Crippen molar-refractivity contribution in [2.75, 3.05) is 38.6 Å². The van der Waals surface area contributed by atoms with E-state index in [2.05, 4.69) is 39.4 Å². The van der Waals surface area contributed by atoms with Gasteiger partial charge in [-0.3, -0.25) is 14.6 Å². The topological polar surface area (TPSA) is 44.8 Å². The molecule has 0 aromatic heterocycles. The van der Waals surface area contributed by atoms with Crippen molar-refractivity contribution in [3.8, 4) is 5.75 Å². The van der Waals surface area contributed by atoms with Gasteiger partial charge in [0.15, 0.2) is 0 Å². The van der Waals surface area contributed by atoms with Crippen LogP contribution in [0.3, 0.4) is 0 Å². The van der Waals surface area contributed by atoms with E-state index >= 15 is 0 Å². The highest BCUT2D eigenvalue weighted by molar-refractivity contribution is 5.96. The Balaban J connectivity index is 1.53. The molecule has 0 spiro atoms. The van der Waals surface area contributed by atoms with Crippen LogP contribution < -0.4 is 10.1 Å². The van der Waals surface area contributed by atoms with Crippen molar-refractivity contribution in [3.63, 3.8) is 0 Å². The third-order valence-electron chi connectivity index (χ3n) is 5.20. The molecular formula is C22H29N3O2. The van der Waals surface area contributed by atoms with Gasteiger partial charge in [-0.05, 0) is 37.1 Å². The lowest BCUT2D eigenvalue weighted by Crippen LogP contribution is -2.52. The summed E-state index contributed by atoms with van der Waals surface area (Å²) in [6.45, 7) is 8.68. The van der Waals surface area contributed by atoms with E-state index in [4.69, 9.17) is 4.74 Å². The van der Waals surface area contributed by atoms with Crippen LogP contribution in [-0.2, 0) is 11.3 Å². The third kappa shape index (κ3) is 5.08. The molecule has 2 aromatic rings. The number of piperazine rings is 1. The normalized spacial score (nSPS) is 16.7. The summed E-state index contributed by atoms with van der Waals surface area (Å²) in [7, 11) is 1.62. The Bertz CT molecular complexity index is 755. The molecular weight excluding hydrogens is 338 g/mol. The average molecular weight is 367 g/mol. The maximum absolute atomic E-state index is 12.7. The Kier molecular flexibility index (Phi) is 6.48. The molecule has 3 rings (SSSR count). The fourth-order valence-electron chi connectivity index (χ4n) is 3.47. The van der Waals surface area contributed by atoms with E-state index in [1.807, 2.05) is 38.1 Å². The molecule has 144 valence electrons. The zero-order valence-electron chi connectivity index (χ0n) is 16.4. The van der Waals surface area contributed by atoms with Crippen LogP contribution in [0, 0.1) is 6.92 Å². The predicted octanol–water partition coefficient (Wildman–Crippen LogP) is 3.15. The third-order valence-corrected chi connectivity index (χ3v) is 5.20. The quantitative estimate of drug-likeness (QED) is 0.852. The molecule has 27 heavy (non-hydrogen) atoms. The lowest BCUT2D eigenvalue weighted by molar-refractivity contribution is -0.121. The van der Waals surface area contributed by atoms with Crippen LogP contribution >= 0.6 is 0 Å². The maximum atomic E-state index is 12.7. The van der Waals surface area contributed by atoms with Gasteiger partial charge in [0.05, 0.1) is 18.8 Å². The van der Waals surface area contributed by atoms with Crippen LogP contribution in [0.1, 0.15) is 18.1 Å². The van der Waals surface area contributed by atoms with Crippen LogP contribution in [0.5, 0.6) is 5.75 Å². The molecule has 1 saturated heterocycles. The number of carbonyl (C=O) groups excluding carboxylic acids is 1. The standard InChI is InChI=1S/C22H29N3O2/c1-17-9-10-21(27-3)20(15-17)23-22(26)18(2)25-13-11-24(12-14-25)16-19-7-5-4-6-8-19/h4-10,15,18H,11-14,16H2,1-3H3,(H,23,26)/t18-/m0/s1. The molecule has 1 aliphatic rings. The molecule has 0 unspecified atom stereocenters. The molecule has 1 amide bonds. The molecule has 5 heteroatoms. The van der Waals surface area contributed by atoms with E-state index < -0.39 is 0 Å². The second kappa shape index (κ2) is 9.02. The van der Waals surface area contributed by atoms with Crippen LogP contribution in [0.25, 0.3) is 0 Å². The van der Waals surface area contributed by atoms with Crippen LogP contribution in [0.15, 0.2) is 48.5 Å². The number of aryl methyl sites for hydroxylation is 1. The number of anilines is 1.